The molecule has 1 aliphatic carbocycles. The topological polar surface area (TPSA) is 29.3 Å². The molecule has 2 nitrogen and oxygen atoms in total. The predicted octanol–water partition coefficient (Wildman–Crippen LogP) is 1.60. The van der Waals surface area contributed by atoms with Gasteiger partial charge in [-0.1, -0.05) is 13.8 Å². The lowest BCUT2D eigenvalue weighted by Gasteiger charge is -2.29. The average molecular weight is 170 g/mol. The smallest absolute Gasteiger partial charge is 0.0218 e. The highest BCUT2D eigenvalue weighted by Crippen LogP contribution is 2.29. The standard InChI is InChI=1S/C10H22N2/c1-3-7-12(10-5-6-10)9(4-2)8-11/h9-10H,3-8,11H2,1-2H3. The van der Waals surface area contributed by atoms with E-state index in [2.05, 4.69) is 18.7 Å². The molecule has 0 aromatic rings. The van der Waals surface area contributed by atoms with Crippen LogP contribution in [0.3, 0.4) is 0 Å². The summed E-state index contributed by atoms with van der Waals surface area (Å²) >= 11 is 0. The Kier molecular flexibility index (Phi) is 4.02. The highest BCUT2D eigenvalue weighted by molar-refractivity contribution is 4.88. The second-order valence-electron chi connectivity index (χ2n) is 3.77. The van der Waals surface area contributed by atoms with Crippen molar-refractivity contribution in [1.29, 1.82) is 0 Å². The minimum absolute atomic E-state index is 0.637. The first-order chi connectivity index (χ1) is 5.83. The number of rotatable bonds is 6. The number of hydrogen-bond acceptors (Lipinski definition) is 2. The van der Waals surface area contributed by atoms with Crippen LogP contribution in [0.5, 0.6) is 0 Å². The lowest BCUT2D eigenvalue weighted by Crippen LogP contribution is -2.42. The summed E-state index contributed by atoms with van der Waals surface area (Å²) in [5.41, 5.74) is 5.74. The third kappa shape index (κ3) is 2.46. The van der Waals surface area contributed by atoms with Crippen molar-refractivity contribution in [3.8, 4) is 0 Å². The molecule has 1 unspecified atom stereocenters. The van der Waals surface area contributed by atoms with Crippen molar-refractivity contribution < 1.29 is 0 Å². The highest BCUT2D eigenvalue weighted by Gasteiger charge is 2.31. The maximum Gasteiger partial charge on any atom is 0.0218 e. The molecule has 0 radical (unpaired) electrons. The fourth-order valence-corrected chi connectivity index (χ4v) is 1.86. The summed E-state index contributed by atoms with van der Waals surface area (Å²) in [5, 5.41) is 0. The molecule has 0 aliphatic heterocycles. The van der Waals surface area contributed by atoms with Crippen LogP contribution < -0.4 is 5.73 Å². The Bertz CT molecular complexity index is 117. The molecule has 2 N–H and O–H groups in total. The van der Waals surface area contributed by atoms with E-state index in [1.165, 1.54) is 32.2 Å². The molecule has 0 heterocycles. The summed E-state index contributed by atoms with van der Waals surface area (Å²) in [7, 11) is 0. The molecular formula is C10H22N2. The van der Waals surface area contributed by atoms with E-state index in [4.69, 9.17) is 5.73 Å². The highest BCUT2D eigenvalue weighted by atomic mass is 15.2. The van der Waals surface area contributed by atoms with Gasteiger partial charge in [0.1, 0.15) is 0 Å². The average Bonchev–Trinajstić information content (AvgIpc) is 2.88. The van der Waals surface area contributed by atoms with E-state index in [0.29, 0.717) is 6.04 Å². The Morgan fingerprint density at radius 2 is 2.08 bits per heavy atom. The van der Waals surface area contributed by atoms with Crippen molar-refractivity contribution in [2.24, 2.45) is 5.73 Å². The lowest BCUT2D eigenvalue weighted by atomic mass is 10.2. The molecular weight excluding hydrogens is 148 g/mol. The lowest BCUT2D eigenvalue weighted by molar-refractivity contribution is 0.185. The summed E-state index contributed by atoms with van der Waals surface area (Å²) < 4.78 is 0. The quantitative estimate of drug-likeness (QED) is 0.656. The first-order valence-electron chi connectivity index (χ1n) is 5.29. The van der Waals surface area contributed by atoms with Gasteiger partial charge in [-0.2, -0.15) is 0 Å². The fraction of sp³-hybridized carbons (Fsp3) is 1.00. The van der Waals surface area contributed by atoms with Gasteiger partial charge in [0, 0.05) is 18.6 Å². The molecule has 0 amide bonds. The van der Waals surface area contributed by atoms with Gasteiger partial charge in [-0.05, 0) is 32.2 Å². The van der Waals surface area contributed by atoms with Gasteiger partial charge in [-0.3, -0.25) is 4.90 Å². The van der Waals surface area contributed by atoms with Crippen molar-refractivity contribution in [2.75, 3.05) is 13.1 Å². The molecule has 1 saturated carbocycles. The monoisotopic (exact) mass is 170 g/mol. The Labute approximate surface area is 76.1 Å². The summed E-state index contributed by atoms with van der Waals surface area (Å²) in [6.07, 6.45) is 5.26. The third-order valence-electron chi connectivity index (χ3n) is 2.71. The molecule has 1 rings (SSSR count). The summed E-state index contributed by atoms with van der Waals surface area (Å²) in [6, 6.07) is 1.51. The molecule has 12 heavy (non-hydrogen) atoms. The molecule has 0 spiro atoms. The number of hydrogen-bond donors (Lipinski definition) is 1. The first kappa shape index (κ1) is 10.0. The fourth-order valence-electron chi connectivity index (χ4n) is 1.86. The maximum absolute atomic E-state index is 5.74. The Morgan fingerprint density at radius 1 is 1.42 bits per heavy atom. The third-order valence-corrected chi connectivity index (χ3v) is 2.71. The van der Waals surface area contributed by atoms with Crippen LogP contribution in [0.2, 0.25) is 0 Å². The van der Waals surface area contributed by atoms with E-state index in [1.54, 1.807) is 0 Å². The molecule has 0 aromatic carbocycles. The van der Waals surface area contributed by atoms with E-state index < -0.39 is 0 Å². The SMILES string of the molecule is CCCN(C(CC)CN)C1CC1. The van der Waals surface area contributed by atoms with Gasteiger partial charge >= 0.3 is 0 Å². The second-order valence-corrected chi connectivity index (χ2v) is 3.77. The molecule has 1 fully saturated rings. The second kappa shape index (κ2) is 4.83. The zero-order valence-corrected chi connectivity index (χ0v) is 8.42. The van der Waals surface area contributed by atoms with Crippen molar-refractivity contribution >= 4 is 0 Å². The van der Waals surface area contributed by atoms with Crippen LogP contribution in [0.4, 0.5) is 0 Å². The van der Waals surface area contributed by atoms with Gasteiger partial charge in [0.25, 0.3) is 0 Å². The number of nitrogens with two attached hydrogens (primary N) is 1. The molecule has 72 valence electrons. The van der Waals surface area contributed by atoms with E-state index >= 15 is 0 Å². The van der Waals surface area contributed by atoms with Gasteiger partial charge in [-0.15, -0.1) is 0 Å². The predicted molar refractivity (Wildman–Crippen MR) is 53.2 cm³/mol. The van der Waals surface area contributed by atoms with Crippen LogP contribution in [-0.4, -0.2) is 30.1 Å². The zero-order chi connectivity index (χ0) is 8.97. The van der Waals surface area contributed by atoms with Crippen LogP contribution in [0.25, 0.3) is 0 Å². The van der Waals surface area contributed by atoms with Crippen LogP contribution in [-0.2, 0) is 0 Å². The molecule has 1 atom stereocenters. The minimum atomic E-state index is 0.637. The van der Waals surface area contributed by atoms with E-state index in [1.807, 2.05) is 0 Å². The largest absolute Gasteiger partial charge is 0.329 e. The van der Waals surface area contributed by atoms with Crippen molar-refractivity contribution in [3.05, 3.63) is 0 Å². The molecule has 0 saturated heterocycles. The summed E-state index contributed by atoms with van der Waals surface area (Å²) in [6.45, 7) is 6.55. The molecule has 0 aromatic heterocycles. The number of nitrogens with zero attached hydrogens (tertiary/aromatic N) is 1. The van der Waals surface area contributed by atoms with Crippen molar-refractivity contribution in [1.82, 2.24) is 4.90 Å². The summed E-state index contributed by atoms with van der Waals surface area (Å²) in [5.74, 6) is 0. The van der Waals surface area contributed by atoms with Gasteiger partial charge in [0.15, 0.2) is 0 Å². The molecule has 1 aliphatic rings. The van der Waals surface area contributed by atoms with Gasteiger partial charge in [0.2, 0.25) is 0 Å². The van der Waals surface area contributed by atoms with Crippen molar-refractivity contribution in [2.45, 2.75) is 51.6 Å². The molecule has 0 bridgehead atoms. The Morgan fingerprint density at radius 3 is 2.42 bits per heavy atom. The Hall–Kier alpha value is -0.0800. The zero-order valence-electron chi connectivity index (χ0n) is 8.42. The van der Waals surface area contributed by atoms with Crippen LogP contribution >= 0.6 is 0 Å². The van der Waals surface area contributed by atoms with Crippen molar-refractivity contribution in [3.63, 3.8) is 0 Å². The van der Waals surface area contributed by atoms with E-state index in [-0.39, 0.29) is 0 Å². The van der Waals surface area contributed by atoms with Gasteiger partial charge in [-0.25, -0.2) is 0 Å². The van der Waals surface area contributed by atoms with Crippen LogP contribution in [0.1, 0.15) is 39.5 Å². The van der Waals surface area contributed by atoms with Crippen LogP contribution in [0, 0.1) is 0 Å². The minimum Gasteiger partial charge on any atom is -0.329 e. The molecule has 2 heteroatoms. The van der Waals surface area contributed by atoms with Crippen LogP contribution in [0.15, 0.2) is 0 Å². The maximum atomic E-state index is 5.74. The van der Waals surface area contributed by atoms with Gasteiger partial charge < -0.3 is 5.73 Å². The normalized spacial score (nSPS) is 20.0. The van der Waals surface area contributed by atoms with Gasteiger partial charge in [0.05, 0.1) is 0 Å². The summed E-state index contributed by atoms with van der Waals surface area (Å²) in [4.78, 5) is 2.61. The first-order valence-corrected chi connectivity index (χ1v) is 5.29. The Balaban J connectivity index is 2.38. The van der Waals surface area contributed by atoms with E-state index in [0.717, 1.165) is 12.6 Å². The van der Waals surface area contributed by atoms with E-state index in [9.17, 15) is 0 Å².